The lowest BCUT2D eigenvalue weighted by atomic mass is 9.80. The minimum absolute atomic E-state index is 0.253. The molecule has 1 aliphatic rings. The van der Waals surface area contributed by atoms with Crippen LogP contribution in [-0.4, -0.2) is 29.4 Å². The van der Waals surface area contributed by atoms with Gasteiger partial charge in [0.15, 0.2) is 5.13 Å². The summed E-state index contributed by atoms with van der Waals surface area (Å²) in [7, 11) is 0. The SMILES string of the molecule is CCC1(C)c2cc(-c3cnc(NCCN)s3)ccc2NC1O. The second-order valence-corrected chi connectivity index (χ2v) is 6.85. The zero-order valence-electron chi connectivity index (χ0n) is 12.9. The van der Waals surface area contributed by atoms with Crippen molar-refractivity contribution >= 4 is 22.2 Å². The summed E-state index contributed by atoms with van der Waals surface area (Å²) in [6.07, 6.45) is 2.22. The van der Waals surface area contributed by atoms with E-state index >= 15 is 0 Å². The highest BCUT2D eigenvalue weighted by Crippen LogP contribution is 2.44. The molecule has 1 aromatic heterocycles. The molecule has 0 fully saturated rings. The number of hydrogen-bond donors (Lipinski definition) is 4. The topological polar surface area (TPSA) is 83.2 Å². The third kappa shape index (κ3) is 2.47. The minimum Gasteiger partial charge on any atom is -0.373 e. The smallest absolute Gasteiger partial charge is 0.183 e. The summed E-state index contributed by atoms with van der Waals surface area (Å²) in [6.45, 7) is 5.52. The van der Waals surface area contributed by atoms with Crippen molar-refractivity contribution in [3.63, 3.8) is 0 Å². The van der Waals surface area contributed by atoms with E-state index in [4.69, 9.17) is 5.73 Å². The molecule has 0 radical (unpaired) electrons. The molecule has 2 aromatic rings. The van der Waals surface area contributed by atoms with E-state index in [1.165, 1.54) is 5.56 Å². The van der Waals surface area contributed by atoms with E-state index in [0.717, 1.165) is 34.2 Å². The second-order valence-electron chi connectivity index (χ2n) is 5.82. The monoisotopic (exact) mass is 318 g/mol. The third-order valence-corrected chi connectivity index (χ3v) is 5.48. The van der Waals surface area contributed by atoms with Gasteiger partial charge < -0.3 is 21.5 Å². The fraction of sp³-hybridized carbons (Fsp3) is 0.438. The zero-order valence-corrected chi connectivity index (χ0v) is 13.7. The average Bonchev–Trinajstić information content (AvgIpc) is 3.09. The second kappa shape index (κ2) is 5.87. The van der Waals surface area contributed by atoms with E-state index < -0.39 is 6.23 Å². The molecule has 0 saturated heterocycles. The Balaban J connectivity index is 1.93. The van der Waals surface area contributed by atoms with Crippen molar-refractivity contribution < 1.29 is 5.11 Å². The Morgan fingerprint density at radius 3 is 3.05 bits per heavy atom. The lowest BCUT2D eigenvalue weighted by Gasteiger charge is -2.26. The molecule has 1 aromatic carbocycles. The molecule has 0 bridgehead atoms. The van der Waals surface area contributed by atoms with Crippen LogP contribution in [0.1, 0.15) is 25.8 Å². The number of aliphatic hydroxyl groups excluding tert-OH is 1. The molecule has 0 spiro atoms. The maximum absolute atomic E-state index is 10.3. The number of anilines is 2. The van der Waals surface area contributed by atoms with Crippen LogP contribution in [0.25, 0.3) is 10.4 Å². The van der Waals surface area contributed by atoms with E-state index in [0.29, 0.717) is 6.54 Å². The molecule has 22 heavy (non-hydrogen) atoms. The molecule has 0 amide bonds. The summed E-state index contributed by atoms with van der Waals surface area (Å²) in [5.74, 6) is 0. The Morgan fingerprint density at radius 1 is 1.50 bits per heavy atom. The number of hydrogen-bond acceptors (Lipinski definition) is 6. The first-order chi connectivity index (χ1) is 10.6. The first kappa shape index (κ1) is 15.3. The van der Waals surface area contributed by atoms with Gasteiger partial charge in [0.05, 0.1) is 4.88 Å². The van der Waals surface area contributed by atoms with Gasteiger partial charge in [0.25, 0.3) is 0 Å². The van der Waals surface area contributed by atoms with Crippen LogP contribution in [0, 0.1) is 0 Å². The van der Waals surface area contributed by atoms with Gasteiger partial charge in [0, 0.05) is 30.4 Å². The molecule has 5 nitrogen and oxygen atoms in total. The van der Waals surface area contributed by atoms with E-state index in [1.54, 1.807) is 11.3 Å². The standard InChI is InChI=1S/C16H22N4OS/c1-3-16(2)11-8-10(4-5-12(11)20-14(16)21)13-9-19-15(22-13)18-7-6-17/h4-5,8-9,14,20-21H,3,6-7,17H2,1-2H3,(H,18,19). The number of nitrogens with zero attached hydrogens (tertiary/aromatic N) is 1. The number of nitrogens with two attached hydrogens (primary N) is 1. The molecule has 6 heteroatoms. The largest absolute Gasteiger partial charge is 0.373 e. The highest BCUT2D eigenvalue weighted by Gasteiger charge is 2.40. The van der Waals surface area contributed by atoms with Crippen LogP contribution in [0.4, 0.5) is 10.8 Å². The third-order valence-electron chi connectivity index (χ3n) is 4.48. The number of aliphatic hydroxyl groups is 1. The lowest BCUT2D eigenvalue weighted by Crippen LogP contribution is -2.35. The van der Waals surface area contributed by atoms with E-state index in [1.807, 2.05) is 12.3 Å². The number of benzene rings is 1. The van der Waals surface area contributed by atoms with Crippen LogP contribution in [0.2, 0.25) is 0 Å². The Labute approximate surface area is 134 Å². The molecule has 2 unspecified atom stereocenters. The van der Waals surface area contributed by atoms with Crippen LogP contribution in [-0.2, 0) is 5.41 Å². The number of fused-ring (bicyclic) bond motifs is 1. The summed E-state index contributed by atoms with van der Waals surface area (Å²) in [5.41, 5.74) is 8.57. The summed E-state index contributed by atoms with van der Waals surface area (Å²) in [6, 6.07) is 6.28. The normalized spacial score (nSPS) is 23.2. The van der Waals surface area contributed by atoms with Crippen LogP contribution in [0.15, 0.2) is 24.4 Å². The highest BCUT2D eigenvalue weighted by atomic mass is 32.1. The predicted molar refractivity (Wildman–Crippen MR) is 92.4 cm³/mol. The van der Waals surface area contributed by atoms with Crippen molar-refractivity contribution in [3.05, 3.63) is 30.0 Å². The number of nitrogens with one attached hydrogen (secondary N) is 2. The fourth-order valence-electron chi connectivity index (χ4n) is 2.80. The molecule has 118 valence electrons. The predicted octanol–water partition coefficient (Wildman–Crippen LogP) is 2.59. The van der Waals surface area contributed by atoms with Crippen LogP contribution in [0.5, 0.6) is 0 Å². The Morgan fingerprint density at radius 2 is 2.32 bits per heavy atom. The van der Waals surface area contributed by atoms with Gasteiger partial charge in [-0.1, -0.05) is 31.3 Å². The molecule has 2 atom stereocenters. The number of aromatic nitrogens is 1. The summed E-state index contributed by atoms with van der Waals surface area (Å²) < 4.78 is 0. The highest BCUT2D eigenvalue weighted by molar-refractivity contribution is 7.18. The molecule has 0 saturated carbocycles. The summed E-state index contributed by atoms with van der Waals surface area (Å²) in [4.78, 5) is 5.50. The van der Waals surface area contributed by atoms with Gasteiger partial charge in [-0.3, -0.25) is 0 Å². The Hall–Kier alpha value is -1.63. The lowest BCUT2D eigenvalue weighted by molar-refractivity contribution is 0.124. The van der Waals surface area contributed by atoms with Crippen molar-refractivity contribution in [1.29, 1.82) is 0 Å². The van der Waals surface area contributed by atoms with Crippen LogP contribution >= 0.6 is 11.3 Å². The zero-order chi connectivity index (χ0) is 15.7. The molecule has 5 N–H and O–H groups in total. The van der Waals surface area contributed by atoms with Gasteiger partial charge in [0.2, 0.25) is 0 Å². The summed E-state index contributed by atoms with van der Waals surface area (Å²) >= 11 is 1.62. The minimum atomic E-state index is -0.536. The van der Waals surface area contributed by atoms with E-state index in [9.17, 15) is 5.11 Å². The van der Waals surface area contributed by atoms with Crippen LogP contribution < -0.4 is 16.4 Å². The van der Waals surface area contributed by atoms with Crippen molar-refractivity contribution in [2.24, 2.45) is 5.73 Å². The molecule has 3 rings (SSSR count). The fourth-order valence-corrected chi connectivity index (χ4v) is 3.64. The quantitative estimate of drug-likeness (QED) is 0.681. The van der Waals surface area contributed by atoms with Crippen molar-refractivity contribution in [2.45, 2.75) is 31.9 Å². The van der Waals surface area contributed by atoms with Crippen molar-refractivity contribution in [2.75, 3.05) is 23.7 Å². The first-order valence-electron chi connectivity index (χ1n) is 7.57. The van der Waals surface area contributed by atoms with E-state index in [-0.39, 0.29) is 5.41 Å². The summed E-state index contributed by atoms with van der Waals surface area (Å²) in [5, 5.41) is 17.5. The van der Waals surface area contributed by atoms with Gasteiger partial charge in [-0.15, -0.1) is 0 Å². The van der Waals surface area contributed by atoms with Gasteiger partial charge in [0.1, 0.15) is 6.23 Å². The average molecular weight is 318 g/mol. The molecular weight excluding hydrogens is 296 g/mol. The molecule has 1 aliphatic heterocycles. The van der Waals surface area contributed by atoms with Gasteiger partial charge in [-0.2, -0.15) is 0 Å². The maximum atomic E-state index is 10.3. The number of rotatable bonds is 5. The van der Waals surface area contributed by atoms with Gasteiger partial charge in [-0.05, 0) is 29.7 Å². The van der Waals surface area contributed by atoms with Gasteiger partial charge >= 0.3 is 0 Å². The van der Waals surface area contributed by atoms with Crippen LogP contribution in [0.3, 0.4) is 0 Å². The first-order valence-corrected chi connectivity index (χ1v) is 8.39. The van der Waals surface area contributed by atoms with Crippen molar-refractivity contribution in [1.82, 2.24) is 4.98 Å². The maximum Gasteiger partial charge on any atom is 0.183 e. The Bertz CT molecular complexity index is 672. The molecule has 2 heterocycles. The molecule has 0 aliphatic carbocycles. The number of thiazole rings is 1. The Kier molecular flexibility index (Phi) is 4.08. The van der Waals surface area contributed by atoms with Gasteiger partial charge in [-0.25, -0.2) is 4.98 Å². The van der Waals surface area contributed by atoms with Crippen molar-refractivity contribution in [3.8, 4) is 10.4 Å². The molecular formula is C16H22N4OS. The van der Waals surface area contributed by atoms with E-state index in [2.05, 4.69) is 41.6 Å².